The van der Waals surface area contributed by atoms with Crippen LogP contribution in [0, 0.1) is 28.9 Å². The van der Waals surface area contributed by atoms with Crippen LogP contribution in [-0.4, -0.2) is 67.2 Å². The predicted octanol–water partition coefficient (Wildman–Crippen LogP) is 6.02. The van der Waals surface area contributed by atoms with Gasteiger partial charge >= 0.3 is 0 Å². The Morgan fingerprint density at radius 3 is 2.80 bits per heavy atom. The van der Waals surface area contributed by atoms with Crippen LogP contribution in [0.2, 0.25) is 0 Å². The SMILES string of the molecule is CCCN(C)CC(C)Oc1nc2c(F)c(-c3cccc4ccc(F)cc34)c(CCC#N)cc2c2c1NC(=O)CN2C1C2CNC1C2. The predicted molar refractivity (Wildman–Crippen MR) is 176 cm³/mol. The van der Waals surface area contributed by atoms with Crippen molar-refractivity contribution in [2.75, 3.05) is 43.4 Å². The Balaban J connectivity index is 1.48. The van der Waals surface area contributed by atoms with E-state index in [1.165, 1.54) is 12.1 Å². The summed E-state index contributed by atoms with van der Waals surface area (Å²) in [6, 6.07) is 14.4. The van der Waals surface area contributed by atoms with Gasteiger partial charge in [-0.05, 0) is 85.8 Å². The van der Waals surface area contributed by atoms with Gasteiger partial charge in [0.1, 0.15) is 23.1 Å². The van der Waals surface area contributed by atoms with Crippen molar-refractivity contribution in [3.63, 3.8) is 0 Å². The van der Waals surface area contributed by atoms with Gasteiger partial charge in [0.25, 0.3) is 0 Å². The number of pyridine rings is 1. The lowest BCUT2D eigenvalue weighted by Gasteiger charge is -2.46. The quantitative estimate of drug-likeness (QED) is 0.223. The Hall–Kier alpha value is -4.33. The number of amides is 1. The molecule has 2 N–H and O–H groups in total. The van der Waals surface area contributed by atoms with Gasteiger partial charge < -0.3 is 25.2 Å². The maximum absolute atomic E-state index is 17.3. The lowest BCUT2D eigenvalue weighted by atomic mass is 9.78. The summed E-state index contributed by atoms with van der Waals surface area (Å²) in [6.07, 6.45) is 2.21. The van der Waals surface area contributed by atoms with Crippen molar-refractivity contribution in [1.29, 1.82) is 5.26 Å². The van der Waals surface area contributed by atoms with Gasteiger partial charge in [-0.15, -0.1) is 0 Å². The van der Waals surface area contributed by atoms with Crippen LogP contribution in [-0.2, 0) is 11.2 Å². The molecular formula is C36H38F2N6O2. The van der Waals surface area contributed by atoms with Crippen molar-refractivity contribution in [3.8, 4) is 23.1 Å². The lowest BCUT2D eigenvalue weighted by Crippen LogP contribution is -2.58. The van der Waals surface area contributed by atoms with Crippen LogP contribution in [0.15, 0.2) is 42.5 Å². The number of benzene rings is 3. The number of ether oxygens (including phenoxy) is 1. The van der Waals surface area contributed by atoms with E-state index >= 15 is 4.39 Å². The number of anilines is 2. The lowest BCUT2D eigenvalue weighted by molar-refractivity contribution is -0.115. The van der Waals surface area contributed by atoms with Gasteiger partial charge in [-0.1, -0.05) is 31.2 Å². The molecule has 4 heterocycles. The molecule has 238 valence electrons. The summed E-state index contributed by atoms with van der Waals surface area (Å²) in [5.74, 6) is -0.584. The summed E-state index contributed by atoms with van der Waals surface area (Å²) in [5.41, 5.74) is 2.72. The van der Waals surface area contributed by atoms with Crippen LogP contribution in [0.3, 0.4) is 0 Å². The van der Waals surface area contributed by atoms with Crippen molar-refractivity contribution in [2.24, 2.45) is 5.92 Å². The zero-order valence-electron chi connectivity index (χ0n) is 26.4. The molecular weight excluding hydrogens is 586 g/mol. The first-order chi connectivity index (χ1) is 22.3. The Kier molecular flexibility index (Phi) is 7.99. The number of nitrogens with zero attached hydrogens (tertiary/aromatic N) is 4. The second-order valence-corrected chi connectivity index (χ2v) is 13.0. The molecule has 4 unspecified atom stereocenters. The van der Waals surface area contributed by atoms with Gasteiger partial charge in [-0.2, -0.15) is 5.26 Å². The molecule has 3 aromatic carbocycles. The largest absolute Gasteiger partial charge is 0.472 e. The van der Waals surface area contributed by atoms with Gasteiger partial charge in [-0.3, -0.25) is 4.79 Å². The van der Waals surface area contributed by atoms with E-state index in [-0.39, 0.29) is 48.5 Å². The number of rotatable bonds is 10. The fraction of sp³-hybridized carbons (Fsp3) is 0.417. The van der Waals surface area contributed by atoms with Gasteiger partial charge in [0.15, 0.2) is 5.82 Å². The van der Waals surface area contributed by atoms with E-state index in [0.29, 0.717) is 57.7 Å². The third kappa shape index (κ3) is 5.21. The van der Waals surface area contributed by atoms with E-state index in [0.717, 1.165) is 31.3 Å². The minimum Gasteiger partial charge on any atom is -0.472 e. The van der Waals surface area contributed by atoms with E-state index in [1.807, 2.05) is 32.2 Å². The highest BCUT2D eigenvalue weighted by atomic mass is 19.1. The molecule has 10 heteroatoms. The molecule has 3 aliphatic heterocycles. The topological polar surface area (TPSA) is 93.5 Å². The molecule has 0 radical (unpaired) electrons. The maximum atomic E-state index is 17.3. The molecule has 4 aliphatic rings. The highest BCUT2D eigenvalue weighted by Crippen LogP contribution is 2.50. The van der Waals surface area contributed by atoms with E-state index in [9.17, 15) is 14.4 Å². The first-order valence-electron chi connectivity index (χ1n) is 16.2. The van der Waals surface area contributed by atoms with Crippen LogP contribution < -0.4 is 20.3 Å². The van der Waals surface area contributed by atoms with Crippen LogP contribution in [0.1, 0.15) is 38.7 Å². The number of hydrogen-bond acceptors (Lipinski definition) is 7. The number of carbonyl (C=O) groups is 1. The maximum Gasteiger partial charge on any atom is 0.244 e. The summed E-state index contributed by atoms with van der Waals surface area (Å²) in [5, 5.41) is 18.0. The van der Waals surface area contributed by atoms with Crippen LogP contribution >= 0.6 is 0 Å². The average Bonchev–Trinajstić information content (AvgIpc) is 3.67. The molecule has 2 bridgehead atoms. The number of nitrogens with one attached hydrogen (secondary N) is 2. The molecule has 8 rings (SSSR count). The number of carbonyl (C=O) groups excluding carboxylic acids is 1. The third-order valence-electron chi connectivity index (χ3n) is 9.67. The van der Waals surface area contributed by atoms with E-state index in [4.69, 9.17) is 9.72 Å². The molecule has 1 saturated carbocycles. The number of aryl methyl sites for hydroxylation is 1. The summed E-state index contributed by atoms with van der Waals surface area (Å²) in [4.78, 5) is 22.3. The first kappa shape index (κ1) is 30.3. The monoisotopic (exact) mass is 624 g/mol. The van der Waals surface area contributed by atoms with E-state index in [2.05, 4.69) is 33.4 Å². The minimum absolute atomic E-state index is 0.0858. The van der Waals surface area contributed by atoms with Gasteiger partial charge in [-0.25, -0.2) is 13.8 Å². The third-order valence-corrected chi connectivity index (χ3v) is 9.67. The smallest absolute Gasteiger partial charge is 0.244 e. The molecule has 3 fully saturated rings. The number of aromatic nitrogens is 1. The average molecular weight is 625 g/mol. The fourth-order valence-corrected chi connectivity index (χ4v) is 7.74. The Bertz CT molecular complexity index is 1880. The summed E-state index contributed by atoms with van der Waals surface area (Å²) in [6.45, 7) is 6.59. The second-order valence-electron chi connectivity index (χ2n) is 13.0. The molecule has 2 saturated heterocycles. The molecule has 4 atom stereocenters. The zero-order valence-corrected chi connectivity index (χ0v) is 26.4. The van der Waals surface area contributed by atoms with Crippen LogP contribution in [0.4, 0.5) is 20.2 Å². The number of nitriles is 1. The van der Waals surface area contributed by atoms with Gasteiger partial charge in [0, 0.05) is 42.5 Å². The molecule has 4 aromatic rings. The van der Waals surface area contributed by atoms with Crippen molar-refractivity contribution in [2.45, 2.75) is 57.7 Å². The second kappa shape index (κ2) is 12.1. The fourth-order valence-electron chi connectivity index (χ4n) is 7.74. The Labute approximate surface area is 267 Å². The standard InChI is InChI=1S/C36H38F2N6O2/c1-4-13-43(3)18-20(2)46-36-33-35(44(19-29(45)41-33)34-23-15-28(34)40-17-23)27-14-22(8-6-12-39)30(31(38)32(27)42-36)25-9-5-7-21-10-11-24(37)16-26(21)25/h5,7,9-11,14,16,20,23,28,34,40H,4,6,8,13,15,17-19H2,1-3H3,(H,41,45). The molecule has 1 aromatic heterocycles. The Morgan fingerprint density at radius 2 is 2.07 bits per heavy atom. The van der Waals surface area contributed by atoms with Gasteiger partial charge in [0.05, 0.1) is 18.3 Å². The molecule has 1 aliphatic carbocycles. The van der Waals surface area contributed by atoms with E-state index in [1.54, 1.807) is 12.1 Å². The minimum atomic E-state index is -0.558. The molecule has 1 amide bonds. The van der Waals surface area contributed by atoms with Crippen molar-refractivity contribution in [1.82, 2.24) is 15.2 Å². The zero-order chi connectivity index (χ0) is 32.1. The van der Waals surface area contributed by atoms with Crippen molar-refractivity contribution < 1.29 is 18.3 Å². The molecule has 46 heavy (non-hydrogen) atoms. The van der Waals surface area contributed by atoms with Crippen LogP contribution in [0.5, 0.6) is 5.88 Å². The van der Waals surface area contributed by atoms with Crippen molar-refractivity contribution >= 4 is 39.0 Å². The number of halogens is 2. The van der Waals surface area contributed by atoms with Crippen molar-refractivity contribution in [3.05, 3.63) is 59.7 Å². The van der Waals surface area contributed by atoms with Gasteiger partial charge in [0.2, 0.25) is 11.8 Å². The highest BCUT2D eigenvalue weighted by Gasteiger charge is 2.52. The number of fused-ring (bicyclic) bond motifs is 5. The number of hydrogen-bond donors (Lipinski definition) is 2. The Morgan fingerprint density at radius 1 is 1.22 bits per heavy atom. The number of likely N-dealkylation sites (N-methyl/N-ethyl adjacent to an activating group) is 1. The molecule has 0 spiro atoms. The first-order valence-corrected chi connectivity index (χ1v) is 16.2. The van der Waals surface area contributed by atoms with E-state index < -0.39 is 11.6 Å². The van der Waals surface area contributed by atoms with Crippen LogP contribution in [0.25, 0.3) is 32.8 Å². The normalized spacial score (nSPS) is 20.8. The summed E-state index contributed by atoms with van der Waals surface area (Å²) >= 11 is 0. The summed E-state index contributed by atoms with van der Waals surface area (Å²) < 4.78 is 38.3. The highest BCUT2D eigenvalue weighted by molar-refractivity contribution is 6.12. The molecule has 8 nitrogen and oxygen atoms in total. The summed E-state index contributed by atoms with van der Waals surface area (Å²) in [7, 11) is 2.03.